The van der Waals surface area contributed by atoms with Crippen molar-refractivity contribution in [2.75, 3.05) is 37.6 Å². The molecule has 3 aromatic rings. The summed E-state index contributed by atoms with van der Waals surface area (Å²) in [5.74, 6) is -0.729. The number of para-hydroxylation sites is 1. The van der Waals surface area contributed by atoms with Crippen molar-refractivity contribution >= 4 is 56.5 Å². The molecule has 0 aliphatic carbocycles. The molecule has 0 spiro atoms. The second-order valence-electron chi connectivity index (χ2n) is 9.03. The van der Waals surface area contributed by atoms with Crippen LogP contribution < -0.4 is 9.64 Å². The highest BCUT2D eigenvalue weighted by Gasteiger charge is 2.37. The van der Waals surface area contributed by atoms with Crippen LogP contribution in [0.15, 0.2) is 82.2 Å². The third-order valence-electron chi connectivity index (χ3n) is 6.52. The molecule has 10 heteroatoms. The topological polar surface area (TPSA) is 70.2 Å². The minimum atomic E-state index is -0.527. The van der Waals surface area contributed by atoms with Crippen LogP contribution in [0.1, 0.15) is 11.1 Å². The molecule has 3 aromatic carbocycles. The second kappa shape index (κ2) is 12.0. The van der Waals surface area contributed by atoms with Gasteiger partial charge >= 0.3 is 0 Å². The standard InChI is InChI=1S/C29H25BrFN3O4S/c30-22-10-11-25(38-19-20-6-4-5-9-24(20)31)21(16-22)17-26-28(36)34(29(37)39-26)18-27(35)33-14-12-32(13-15-33)23-7-2-1-3-8-23/h1-11,16-17H,12-15,18-19H2/b26-17-. The number of carbonyl (C=O) groups excluding carboxylic acids is 3. The lowest BCUT2D eigenvalue weighted by Gasteiger charge is -2.36. The highest BCUT2D eigenvalue weighted by Crippen LogP contribution is 2.35. The summed E-state index contributed by atoms with van der Waals surface area (Å²) in [5.41, 5.74) is 2.05. The molecule has 0 bridgehead atoms. The number of hydrogen-bond acceptors (Lipinski definition) is 6. The average molecular weight is 611 g/mol. The molecular formula is C29H25BrFN3O4S. The van der Waals surface area contributed by atoms with Crippen LogP contribution in [0.5, 0.6) is 5.75 Å². The maximum Gasteiger partial charge on any atom is 0.294 e. The van der Waals surface area contributed by atoms with Crippen molar-refractivity contribution < 1.29 is 23.5 Å². The molecule has 2 saturated heterocycles. The molecule has 7 nitrogen and oxygen atoms in total. The van der Waals surface area contributed by atoms with Crippen LogP contribution >= 0.6 is 27.7 Å². The quantitative estimate of drug-likeness (QED) is 0.327. The number of carbonyl (C=O) groups is 3. The van der Waals surface area contributed by atoms with Gasteiger partial charge in [-0.05, 0) is 54.2 Å². The molecule has 0 unspecified atom stereocenters. The lowest BCUT2D eigenvalue weighted by atomic mass is 10.1. The van der Waals surface area contributed by atoms with E-state index < -0.39 is 11.1 Å². The van der Waals surface area contributed by atoms with E-state index in [9.17, 15) is 18.8 Å². The highest BCUT2D eigenvalue weighted by molar-refractivity contribution is 9.10. The van der Waals surface area contributed by atoms with Gasteiger partial charge in [-0.25, -0.2) is 4.39 Å². The predicted molar refractivity (Wildman–Crippen MR) is 153 cm³/mol. The molecule has 0 aromatic heterocycles. The average Bonchev–Trinajstić information content (AvgIpc) is 3.21. The molecule has 0 radical (unpaired) electrons. The molecule has 0 N–H and O–H groups in total. The van der Waals surface area contributed by atoms with Crippen molar-refractivity contribution in [3.05, 3.63) is 99.1 Å². The van der Waals surface area contributed by atoms with E-state index in [-0.39, 0.29) is 29.8 Å². The maximum atomic E-state index is 14.0. The highest BCUT2D eigenvalue weighted by atomic mass is 79.9. The summed E-state index contributed by atoms with van der Waals surface area (Å²) >= 11 is 4.20. The summed E-state index contributed by atoms with van der Waals surface area (Å²) in [6.07, 6.45) is 1.56. The molecule has 39 heavy (non-hydrogen) atoms. The first kappa shape index (κ1) is 27.0. The fourth-order valence-corrected chi connectivity index (χ4v) is 5.61. The summed E-state index contributed by atoms with van der Waals surface area (Å²) in [4.78, 5) is 43.9. The SMILES string of the molecule is O=C(CN1C(=O)S/C(=C\c2cc(Br)ccc2OCc2ccccc2F)C1=O)N1CCN(c2ccccc2)CC1. The molecule has 0 atom stereocenters. The Bertz CT molecular complexity index is 1430. The fraction of sp³-hybridized carbons (Fsp3) is 0.207. The van der Waals surface area contributed by atoms with Gasteiger partial charge in [0.05, 0.1) is 4.91 Å². The molecule has 200 valence electrons. The summed E-state index contributed by atoms with van der Waals surface area (Å²) in [5, 5.41) is -0.494. The Morgan fingerprint density at radius 1 is 0.974 bits per heavy atom. The summed E-state index contributed by atoms with van der Waals surface area (Å²) in [7, 11) is 0. The van der Waals surface area contributed by atoms with E-state index in [1.54, 1.807) is 47.4 Å². The van der Waals surface area contributed by atoms with Crippen molar-refractivity contribution in [2.24, 2.45) is 0 Å². The van der Waals surface area contributed by atoms with E-state index in [0.29, 0.717) is 43.1 Å². The number of halogens is 2. The number of benzene rings is 3. The number of thioether (sulfide) groups is 1. The smallest absolute Gasteiger partial charge is 0.294 e. The predicted octanol–water partition coefficient (Wildman–Crippen LogP) is 5.55. The van der Waals surface area contributed by atoms with Crippen molar-refractivity contribution in [3.63, 3.8) is 0 Å². The van der Waals surface area contributed by atoms with E-state index in [4.69, 9.17) is 4.74 Å². The Kier molecular flexibility index (Phi) is 8.33. The first-order valence-electron chi connectivity index (χ1n) is 12.4. The minimum absolute atomic E-state index is 0.00264. The monoisotopic (exact) mass is 609 g/mol. The second-order valence-corrected chi connectivity index (χ2v) is 10.9. The fourth-order valence-electron chi connectivity index (χ4n) is 4.40. The van der Waals surface area contributed by atoms with Crippen LogP contribution in [0.25, 0.3) is 6.08 Å². The molecule has 2 aliphatic heterocycles. The Hall–Kier alpha value is -3.63. The van der Waals surface area contributed by atoms with Gasteiger partial charge in [0.2, 0.25) is 5.91 Å². The Morgan fingerprint density at radius 2 is 1.69 bits per heavy atom. The van der Waals surface area contributed by atoms with Crippen molar-refractivity contribution in [1.82, 2.24) is 9.80 Å². The van der Waals surface area contributed by atoms with E-state index in [1.807, 2.05) is 30.3 Å². The molecule has 3 amide bonds. The van der Waals surface area contributed by atoms with Gasteiger partial charge in [0.15, 0.2) is 0 Å². The number of rotatable bonds is 7. The number of ether oxygens (including phenoxy) is 1. The molecule has 5 rings (SSSR count). The summed E-state index contributed by atoms with van der Waals surface area (Å²) < 4.78 is 20.6. The van der Waals surface area contributed by atoms with Crippen molar-refractivity contribution in [2.45, 2.75) is 6.61 Å². The van der Waals surface area contributed by atoms with Crippen LogP contribution in [-0.2, 0) is 16.2 Å². The van der Waals surface area contributed by atoms with E-state index >= 15 is 0 Å². The normalized spacial score (nSPS) is 16.8. The third-order valence-corrected chi connectivity index (χ3v) is 7.92. The van der Waals surface area contributed by atoms with Crippen LogP contribution in [0, 0.1) is 5.82 Å². The Balaban J connectivity index is 1.24. The zero-order valence-electron chi connectivity index (χ0n) is 20.9. The van der Waals surface area contributed by atoms with Crippen LogP contribution in [-0.4, -0.2) is 59.6 Å². The lowest BCUT2D eigenvalue weighted by Crippen LogP contribution is -2.51. The zero-order valence-corrected chi connectivity index (χ0v) is 23.3. The van der Waals surface area contributed by atoms with E-state index in [0.717, 1.165) is 26.8 Å². The molecule has 2 heterocycles. The Morgan fingerprint density at radius 3 is 2.44 bits per heavy atom. The van der Waals surface area contributed by atoms with Gasteiger partial charge in [-0.1, -0.05) is 52.3 Å². The molecule has 2 fully saturated rings. The van der Waals surface area contributed by atoms with Gasteiger partial charge in [0.25, 0.3) is 11.1 Å². The number of nitrogens with zero attached hydrogens (tertiary/aromatic N) is 3. The van der Waals surface area contributed by atoms with E-state index in [1.165, 1.54) is 6.07 Å². The number of hydrogen-bond donors (Lipinski definition) is 0. The van der Waals surface area contributed by atoms with Gasteiger partial charge in [0, 0.05) is 47.5 Å². The van der Waals surface area contributed by atoms with Crippen molar-refractivity contribution in [1.29, 1.82) is 0 Å². The van der Waals surface area contributed by atoms with Crippen LogP contribution in [0.3, 0.4) is 0 Å². The lowest BCUT2D eigenvalue weighted by molar-refractivity contribution is -0.136. The third kappa shape index (κ3) is 6.34. The molecular weight excluding hydrogens is 585 g/mol. The Labute approximate surface area is 238 Å². The summed E-state index contributed by atoms with van der Waals surface area (Å²) in [6.45, 7) is 2.08. The van der Waals surface area contributed by atoms with Crippen LogP contribution in [0.4, 0.5) is 14.9 Å². The van der Waals surface area contributed by atoms with Crippen molar-refractivity contribution in [3.8, 4) is 5.75 Å². The first-order valence-corrected chi connectivity index (χ1v) is 14.0. The number of piperazine rings is 1. The number of amides is 3. The first-order chi connectivity index (χ1) is 18.9. The van der Waals surface area contributed by atoms with E-state index in [2.05, 4.69) is 20.8 Å². The van der Waals surface area contributed by atoms with Gasteiger partial charge < -0.3 is 14.5 Å². The largest absolute Gasteiger partial charge is 0.488 e. The maximum absolute atomic E-state index is 14.0. The number of imide groups is 1. The van der Waals surface area contributed by atoms with Crippen LogP contribution in [0.2, 0.25) is 0 Å². The van der Waals surface area contributed by atoms with Gasteiger partial charge in [-0.3, -0.25) is 19.3 Å². The molecule has 0 saturated carbocycles. The summed E-state index contributed by atoms with van der Waals surface area (Å²) in [6, 6.07) is 21.6. The zero-order chi connectivity index (χ0) is 27.4. The number of anilines is 1. The van der Waals surface area contributed by atoms with Gasteiger partial charge in [-0.15, -0.1) is 0 Å². The van der Waals surface area contributed by atoms with Gasteiger partial charge in [0.1, 0.15) is 24.7 Å². The minimum Gasteiger partial charge on any atom is -0.488 e. The molecule has 2 aliphatic rings. The van der Waals surface area contributed by atoms with Gasteiger partial charge in [-0.2, -0.15) is 0 Å².